The molecular formula is C16H24N2O3. The molecule has 0 N–H and O–H groups in total. The van der Waals surface area contributed by atoms with Gasteiger partial charge in [-0.2, -0.15) is 0 Å². The minimum Gasteiger partial charge on any atom is -0.462 e. The molecule has 0 saturated carbocycles. The van der Waals surface area contributed by atoms with Crippen molar-refractivity contribution in [3.8, 4) is 0 Å². The van der Waals surface area contributed by atoms with Gasteiger partial charge in [0.25, 0.3) is 0 Å². The molecule has 1 aromatic heterocycles. The second kappa shape index (κ2) is 5.64. The summed E-state index contributed by atoms with van der Waals surface area (Å²) in [4.78, 5) is 18.6. The number of pyridine rings is 1. The van der Waals surface area contributed by atoms with Gasteiger partial charge in [0.1, 0.15) is 11.4 Å². The van der Waals surface area contributed by atoms with Crippen molar-refractivity contribution in [2.24, 2.45) is 0 Å². The van der Waals surface area contributed by atoms with Crippen LogP contribution in [0.3, 0.4) is 0 Å². The molecule has 1 saturated heterocycles. The Hall–Kier alpha value is -1.62. The van der Waals surface area contributed by atoms with E-state index in [1.165, 1.54) is 0 Å². The zero-order chi connectivity index (χ0) is 15.7. The molecule has 5 heteroatoms. The first-order valence-electron chi connectivity index (χ1n) is 7.31. The number of rotatable bonds is 3. The molecule has 21 heavy (non-hydrogen) atoms. The summed E-state index contributed by atoms with van der Waals surface area (Å²) in [5.74, 6) is 0.336. The average Bonchev–Trinajstić information content (AvgIpc) is 2.35. The molecular weight excluding hydrogens is 268 g/mol. The highest BCUT2D eigenvalue weighted by Crippen LogP contribution is 2.32. The number of morpholine rings is 1. The van der Waals surface area contributed by atoms with E-state index in [2.05, 4.69) is 9.88 Å². The van der Waals surface area contributed by atoms with Gasteiger partial charge in [-0.3, -0.25) is 0 Å². The quantitative estimate of drug-likeness (QED) is 0.802. The number of aromatic nitrogens is 1. The first kappa shape index (κ1) is 15.8. The number of nitrogens with zero attached hydrogens (tertiary/aromatic N) is 2. The summed E-state index contributed by atoms with van der Waals surface area (Å²) in [5.41, 5.74) is -0.0935. The molecule has 0 aliphatic carbocycles. The summed E-state index contributed by atoms with van der Waals surface area (Å²) >= 11 is 0. The molecule has 1 aliphatic heterocycles. The topological polar surface area (TPSA) is 51.7 Å². The Kier molecular flexibility index (Phi) is 4.23. The zero-order valence-electron chi connectivity index (χ0n) is 13.5. The summed E-state index contributed by atoms with van der Waals surface area (Å²) < 4.78 is 11.2. The zero-order valence-corrected chi connectivity index (χ0v) is 13.5. The molecule has 2 rings (SSSR count). The van der Waals surface area contributed by atoms with Gasteiger partial charge in [-0.15, -0.1) is 0 Å². The van der Waals surface area contributed by atoms with Crippen molar-refractivity contribution in [2.45, 2.75) is 45.8 Å². The molecule has 0 unspecified atom stereocenters. The van der Waals surface area contributed by atoms with Gasteiger partial charge in [-0.1, -0.05) is 0 Å². The number of anilines is 1. The second-order valence-electron chi connectivity index (χ2n) is 6.57. The smallest absolute Gasteiger partial charge is 0.341 e. The van der Waals surface area contributed by atoms with E-state index in [1.807, 2.05) is 27.7 Å². The Morgan fingerprint density at radius 1 is 1.33 bits per heavy atom. The predicted octanol–water partition coefficient (Wildman–Crippen LogP) is 2.65. The minimum absolute atomic E-state index is 0.300. The highest BCUT2D eigenvalue weighted by atomic mass is 16.5. The predicted molar refractivity (Wildman–Crippen MR) is 81.6 cm³/mol. The van der Waals surface area contributed by atoms with Crippen molar-refractivity contribution in [2.75, 3.05) is 24.6 Å². The summed E-state index contributed by atoms with van der Waals surface area (Å²) in [6.45, 7) is 11.7. The third-order valence-corrected chi connectivity index (χ3v) is 3.28. The molecule has 1 aromatic rings. The van der Waals surface area contributed by atoms with Crippen molar-refractivity contribution in [3.05, 3.63) is 23.9 Å². The third kappa shape index (κ3) is 3.73. The van der Waals surface area contributed by atoms with E-state index >= 15 is 0 Å². The fourth-order valence-electron chi connectivity index (χ4n) is 2.95. The first-order chi connectivity index (χ1) is 9.74. The van der Waals surface area contributed by atoms with Crippen LogP contribution in [0.5, 0.6) is 0 Å². The fraction of sp³-hybridized carbons (Fsp3) is 0.625. The number of carbonyl (C=O) groups excluding carboxylic acids is 1. The number of carbonyl (C=O) groups is 1. The van der Waals surface area contributed by atoms with Crippen LogP contribution in [-0.2, 0) is 9.47 Å². The molecule has 0 spiro atoms. The largest absolute Gasteiger partial charge is 0.462 e. The molecule has 1 fully saturated rings. The Morgan fingerprint density at radius 3 is 2.52 bits per heavy atom. The molecule has 0 atom stereocenters. The van der Waals surface area contributed by atoms with Crippen LogP contribution in [0.4, 0.5) is 5.82 Å². The summed E-state index contributed by atoms with van der Waals surface area (Å²) in [6.07, 6.45) is 1.70. The van der Waals surface area contributed by atoms with E-state index in [0.29, 0.717) is 31.1 Å². The lowest BCUT2D eigenvalue weighted by Crippen LogP contribution is -2.57. The molecule has 0 radical (unpaired) electrons. The number of ether oxygens (including phenoxy) is 2. The van der Waals surface area contributed by atoms with Crippen LogP contribution in [0.25, 0.3) is 0 Å². The minimum atomic E-state index is -0.331. The molecule has 0 amide bonds. The van der Waals surface area contributed by atoms with Crippen LogP contribution < -0.4 is 4.90 Å². The maximum absolute atomic E-state index is 12.1. The second-order valence-corrected chi connectivity index (χ2v) is 6.57. The average molecular weight is 292 g/mol. The number of esters is 1. The van der Waals surface area contributed by atoms with Crippen LogP contribution >= 0.6 is 0 Å². The Labute approximate surface area is 126 Å². The first-order valence-corrected chi connectivity index (χ1v) is 7.31. The Balaban J connectivity index is 2.35. The van der Waals surface area contributed by atoms with Gasteiger partial charge in [0.2, 0.25) is 0 Å². The van der Waals surface area contributed by atoms with E-state index in [4.69, 9.17) is 9.47 Å². The van der Waals surface area contributed by atoms with Gasteiger partial charge in [-0.25, -0.2) is 9.78 Å². The highest BCUT2D eigenvalue weighted by molar-refractivity contribution is 5.94. The molecule has 2 heterocycles. The molecule has 5 nitrogen and oxygen atoms in total. The van der Waals surface area contributed by atoms with Crippen LogP contribution in [0.2, 0.25) is 0 Å². The van der Waals surface area contributed by atoms with E-state index in [1.54, 1.807) is 25.3 Å². The number of hydrogen-bond donors (Lipinski definition) is 0. The number of hydrogen-bond acceptors (Lipinski definition) is 5. The lowest BCUT2D eigenvalue weighted by Gasteiger charge is -2.47. The molecule has 0 aromatic carbocycles. The molecule has 116 valence electrons. The van der Waals surface area contributed by atoms with Crippen LogP contribution in [0.1, 0.15) is 45.0 Å². The van der Waals surface area contributed by atoms with Crippen LogP contribution in [-0.4, -0.2) is 41.9 Å². The summed E-state index contributed by atoms with van der Waals surface area (Å²) in [7, 11) is 0. The van der Waals surface area contributed by atoms with Gasteiger partial charge in [0.15, 0.2) is 0 Å². The van der Waals surface area contributed by atoms with Crippen LogP contribution in [0, 0.1) is 0 Å². The van der Waals surface area contributed by atoms with Crippen molar-refractivity contribution < 1.29 is 14.3 Å². The maximum atomic E-state index is 12.1. The normalized spacial score (nSPS) is 20.1. The van der Waals surface area contributed by atoms with E-state index < -0.39 is 0 Å². The highest BCUT2D eigenvalue weighted by Gasteiger charge is 2.39. The lowest BCUT2D eigenvalue weighted by atomic mass is 9.98. The lowest BCUT2D eigenvalue weighted by molar-refractivity contribution is -0.133. The Morgan fingerprint density at radius 2 is 1.95 bits per heavy atom. The van der Waals surface area contributed by atoms with Crippen molar-refractivity contribution in [1.29, 1.82) is 0 Å². The van der Waals surface area contributed by atoms with E-state index in [-0.39, 0.29) is 17.2 Å². The SMILES string of the molecule is CCOC(=O)c1cccnc1N1CC(C)(C)OC(C)(C)C1. The third-order valence-electron chi connectivity index (χ3n) is 3.28. The van der Waals surface area contributed by atoms with Gasteiger partial charge in [0.05, 0.1) is 17.8 Å². The standard InChI is InChI=1S/C16H24N2O3/c1-6-20-14(19)12-8-7-9-17-13(12)18-10-15(2,3)21-16(4,5)11-18/h7-9H,6,10-11H2,1-5H3. The van der Waals surface area contributed by atoms with Gasteiger partial charge < -0.3 is 14.4 Å². The Bertz CT molecular complexity index is 510. The van der Waals surface area contributed by atoms with Gasteiger partial charge in [-0.05, 0) is 46.8 Å². The fourth-order valence-corrected chi connectivity index (χ4v) is 2.95. The van der Waals surface area contributed by atoms with E-state index in [9.17, 15) is 4.79 Å². The van der Waals surface area contributed by atoms with Crippen LogP contribution in [0.15, 0.2) is 18.3 Å². The van der Waals surface area contributed by atoms with Crippen molar-refractivity contribution in [3.63, 3.8) is 0 Å². The van der Waals surface area contributed by atoms with E-state index in [0.717, 1.165) is 0 Å². The maximum Gasteiger partial charge on any atom is 0.341 e. The monoisotopic (exact) mass is 292 g/mol. The summed E-state index contributed by atoms with van der Waals surface area (Å²) in [5, 5.41) is 0. The molecule has 0 bridgehead atoms. The van der Waals surface area contributed by atoms with Gasteiger partial charge in [0, 0.05) is 19.3 Å². The molecule has 1 aliphatic rings. The van der Waals surface area contributed by atoms with Gasteiger partial charge >= 0.3 is 5.97 Å². The van der Waals surface area contributed by atoms with Crippen molar-refractivity contribution in [1.82, 2.24) is 4.98 Å². The van der Waals surface area contributed by atoms with Crippen molar-refractivity contribution >= 4 is 11.8 Å². The summed E-state index contributed by atoms with van der Waals surface area (Å²) in [6, 6.07) is 3.52.